The predicted molar refractivity (Wildman–Crippen MR) is 215 cm³/mol. The molecular weight excluding hydrogens is 605 g/mol. The van der Waals surface area contributed by atoms with Crippen molar-refractivity contribution in [2.45, 2.75) is 0 Å². The Morgan fingerprint density at radius 2 is 0.500 bits per heavy atom. The number of benzene rings is 10. The molecule has 0 aliphatic rings. The summed E-state index contributed by atoms with van der Waals surface area (Å²) in [4.78, 5) is 4.75. The molecule has 0 fully saturated rings. The van der Waals surface area contributed by atoms with Crippen molar-refractivity contribution in [2.75, 3.05) is 9.80 Å². The van der Waals surface area contributed by atoms with Gasteiger partial charge in [-0.05, 0) is 127 Å². The van der Waals surface area contributed by atoms with Gasteiger partial charge >= 0.3 is 0 Å². The molecule has 0 unspecified atom stereocenters. The van der Waals surface area contributed by atoms with E-state index in [1.165, 1.54) is 53.9 Å². The van der Waals surface area contributed by atoms with E-state index in [-0.39, 0.29) is 0 Å². The Balaban J connectivity index is 1.14. The minimum atomic E-state index is 1.13. The second-order valence-electron chi connectivity index (χ2n) is 13.1. The molecule has 0 radical (unpaired) electrons. The summed E-state index contributed by atoms with van der Waals surface area (Å²) in [6.45, 7) is 0. The van der Waals surface area contributed by atoms with E-state index in [0.29, 0.717) is 0 Å². The maximum Gasteiger partial charge on any atom is 0.0473 e. The van der Waals surface area contributed by atoms with E-state index in [1.807, 2.05) is 0 Å². The Bertz CT molecular complexity index is 2560. The molecule has 0 aliphatic carbocycles. The highest BCUT2D eigenvalue weighted by atomic mass is 15.1. The number of hydrogen-bond acceptors (Lipinski definition) is 2. The maximum atomic E-state index is 2.38. The van der Waals surface area contributed by atoms with E-state index < -0.39 is 0 Å². The third-order valence-corrected chi connectivity index (χ3v) is 10.0. The largest absolute Gasteiger partial charge is 0.310 e. The van der Waals surface area contributed by atoms with Gasteiger partial charge in [0.05, 0.1) is 0 Å². The first-order valence-corrected chi connectivity index (χ1v) is 17.2. The van der Waals surface area contributed by atoms with E-state index in [9.17, 15) is 0 Å². The van der Waals surface area contributed by atoms with E-state index in [2.05, 4.69) is 204 Å². The summed E-state index contributed by atoms with van der Waals surface area (Å²) in [6.07, 6.45) is 0. The summed E-state index contributed by atoms with van der Waals surface area (Å²) in [5.41, 5.74) is 6.84. The molecule has 0 N–H and O–H groups in total. The average molecular weight is 637 g/mol. The predicted octanol–water partition coefficient (Wildman–Crippen LogP) is 13.8. The van der Waals surface area contributed by atoms with Gasteiger partial charge in [-0.3, -0.25) is 0 Å². The van der Waals surface area contributed by atoms with Gasteiger partial charge in [-0.15, -0.1) is 0 Å². The SMILES string of the molecule is c1ccc(N(c2ccc3ccccc3c2)c2cc3ccc4cc(N(c5ccccc5)c5ccc6ccccc6c5)cc5ccc(c2)c3c45)cc1. The molecule has 2 nitrogen and oxygen atoms in total. The molecule has 234 valence electrons. The lowest BCUT2D eigenvalue weighted by Gasteiger charge is -2.28. The monoisotopic (exact) mass is 636 g/mol. The highest BCUT2D eigenvalue weighted by molar-refractivity contribution is 6.24. The van der Waals surface area contributed by atoms with Crippen molar-refractivity contribution in [1.29, 1.82) is 0 Å². The Morgan fingerprint density at radius 3 is 0.880 bits per heavy atom. The average Bonchev–Trinajstić information content (AvgIpc) is 3.18. The van der Waals surface area contributed by atoms with Gasteiger partial charge < -0.3 is 9.80 Å². The quantitative estimate of drug-likeness (QED) is 0.168. The van der Waals surface area contributed by atoms with Crippen LogP contribution in [-0.2, 0) is 0 Å². The molecule has 10 aromatic carbocycles. The zero-order chi connectivity index (χ0) is 33.0. The van der Waals surface area contributed by atoms with Gasteiger partial charge in [0.25, 0.3) is 0 Å². The van der Waals surface area contributed by atoms with Crippen molar-refractivity contribution in [3.05, 3.63) is 194 Å². The topological polar surface area (TPSA) is 6.48 Å². The zero-order valence-electron chi connectivity index (χ0n) is 27.4. The number of nitrogens with zero attached hydrogens (tertiary/aromatic N) is 2. The standard InChI is InChI=1S/C48H32N2/c1-3-15-41(16-4-1)49(43-25-23-33-11-7-9-13-35(33)27-43)45-29-37-19-21-39-31-46(32-40-22-20-38(30-45)47(37)48(39)40)50(42-17-5-2-6-18-42)44-26-24-34-12-8-10-14-36(34)28-44/h1-32H. The Kier molecular flexibility index (Phi) is 6.53. The molecule has 10 aromatic rings. The van der Waals surface area contributed by atoms with Crippen LogP contribution >= 0.6 is 0 Å². The van der Waals surface area contributed by atoms with Crippen LogP contribution in [0.25, 0.3) is 53.9 Å². The molecule has 0 aromatic heterocycles. The van der Waals surface area contributed by atoms with Crippen molar-refractivity contribution in [3.63, 3.8) is 0 Å². The lowest BCUT2D eigenvalue weighted by molar-refractivity contribution is 1.30. The number of anilines is 6. The van der Waals surface area contributed by atoms with Crippen LogP contribution in [0.4, 0.5) is 34.1 Å². The third kappa shape index (κ3) is 4.73. The van der Waals surface area contributed by atoms with Crippen LogP contribution < -0.4 is 9.80 Å². The van der Waals surface area contributed by atoms with E-state index >= 15 is 0 Å². The Labute approximate surface area is 291 Å². The van der Waals surface area contributed by atoms with Gasteiger partial charge in [-0.1, -0.05) is 121 Å². The smallest absolute Gasteiger partial charge is 0.0473 e. The van der Waals surface area contributed by atoms with Crippen LogP contribution in [0.1, 0.15) is 0 Å². The summed E-state index contributed by atoms with van der Waals surface area (Å²) < 4.78 is 0. The van der Waals surface area contributed by atoms with Gasteiger partial charge in [0.2, 0.25) is 0 Å². The van der Waals surface area contributed by atoms with Crippen LogP contribution in [-0.4, -0.2) is 0 Å². The van der Waals surface area contributed by atoms with Crippen LogP contribution in [0.2, 0.25) is 0 Å². The fourth-order valence-electron chi connectivity index (χ4n) is 7.74. The molecule has 0 saturated carbocycles. The summed E-state index contributed by atoms with van der Waals surface area (Å²) in [6, 6.07) is 70.6. The number of hydrogen-bond donors (Lipinski definition) is 0. The minimum Gasteiger partial charge on any atom is -0.310 e. The Morgan fingerprint density at radius 1 is 0.200 bits per heavy atom. The number of fused-ring (bicyclic) bond motifs is 2. The van der Waals surface area contributed by atoms with E-state index in [0.717, 1.165) is 34.1 Å². The van der Waals surface area contributed by atoms with Crippen LogP contribution in [0, 0.1) is 0 Å². The fourth-order valence-corrected chi connectivity index (χ4v) is 7.74. The maximum absolute atomic E-state index is 2.38. The number of para-hydroxylation sites is 2. The molecule has 50 heavy (non-hydrogen) atoms. The summed E-state index contributed by atoms with van der Waals surface area (Å²) >= 11 is 0. The summed E-state index contributed by atoms with van der Waals surface area (Å²) in [7, 11) is 0. The normalized spacial score (nSPS) is 11.6. The highest BCUT2D eigenvalue weighted by Crippen LogP contribution is 2.44. The third-order valence-electron chi connectivity index (χ3n) is 10.0. The second kappa shape index (κ2) is 11.5. The van der Waals surface area contributed by atoms with Crippen LogP contribution in [0.5, 0.6) is 0 Å². The van der Waals surface area contributed by atoms with Crippen molar-refractivity contribution < 1.29 is 0 Å². The van der Waals surface area contributed by atoms with Gasteiger partial charge in [0, 0.05) is 34.1 Å². The van der Waals surface area contributed by atoms with Crippen molar-refractivity contribution >= 4 is 88.0 Å². The first-order valence-electron chi connectivity index (χ1n) is 17.2. The van der Waals surface area contributed by atoms with E-state index in [4.69, 9.17) is 0 Å². The van der Waals surface area contributed by atoms with Crippen molar-refractivity contribution in [3.8, 4) is 0 Å². The zero-order valence-corrected chi connectivity index (χ0v) is 27.4. The van der Waals surface area contributed by atoms with Gasteiger partial charge in [0.1, 0.15) is 0 Å². The molecule has 0 spiro atoms. The van der Waals surface area contributed by atoms with Crippen LogP contribution in [0.15, 0.2) is 194 Å². The second-order valence-corrected chi connectivity index (χ2v) is 13.1. The molecule has 0 heterocycles. The minimum absolute atomic E-state index is 1.13. The first kappa shape index (κ1) is 28.4. The molecule has 2 heteroatoms. The lowest BCUT2D eigenvalue weighted by Crippen LogP contribution is -2.10. The molecule has 0 atom stereocenters. The Hall–Kier alpha value is -6.64. The fraction of sp³-hybridized carbons (Fsp3) is 0. The van der Waals surface area contributed by atoms with Gasteiger partial charge in [0.15, 0.2) is 0 Å². The molecule has 10 rings (SSSR count). The van der Waals surface area contributed by atoms with E-state index in [1.54, 1.807) is 0 Å². The molecule has 0 saturated heterocycles. The van der Waals surface area contributed by atoms with Gasteiger partial charge in [-0.25, -0.2) is 0 Å². The van der Waals surface area contributed by atoms with Crippen molar-refractivity contribution in [2.24, 2.45) is 0 Å². The molecular formula is C48H32N2. The van der Waals surface area contributed by atoms with Crippen LogP contribution in [0.3, 0.4) is 0 Å². The number of rotatable bonds is 6. The summed E-state index contributed by atoms with van der Waals surface area (Å²) in [5.74, 6) is 0. The first-order chi connectivity index (χ1) is 24.8. The molecule has 0 bridgehead atoms. The highest BCUT2D eigenvalue weighted by Gasteiger charge is 2.19. The summed E-state index contributed by atoms with van der Waals surface area (Å²) in [5, 5.41) is 12.5. The molecule has 0 aliphatic heterocycles. The molecule has 0 amide bonds. The van der Waals surface area contributed by atoms with Gasteiger partial charge in [-0.2, -0.15) is 0 Å². The van der Waals surface area contributed by atoms with Crippen molar-refractivity contribution in [1.82, 2.24) is 0 Å². The lowest BCUT2D eigenvalue weighted by atomic mass is 9.92.